The van der Waals surface area contributed by atoms with Gasteiger partial charge in [0.25, 0.3) is 0 Å². The smallest absolute Gasteiger partial charge is 1.00 e. The van der Waals surface area contributed by atoms with Crippen LogP contribution >= 0.6 is 0 Å². The van der Waals surface area contributed by atoms with Crippen LogP contribution in [0.1, 0.15) is 46.0 Å². The van der Waals surface area contributed by atoms with Gasteiger partial charge in [0.1, 0.15) is 0 Å². The molecule has 10 heavy (non-hydrogen) atoms. The Bertz CT molecular complexity index is 34.2. The van der Waals surface area contributed by atoms with E-state index in [-0.39, 0.29) is 35.5 Å². The van der Waals surface area contributed by atoms with E-state index in [0.717, 1.165) is 0 Å². The Balaban J connectivity index is -0.000000245. The van der Waals surface area contributed by atoms with E-state index in [9.17, 15) is 0 Å². The van der Waals surface area contributed by atoms with Crippen molar-refractivity contribution in [3.8, 4) is 0 Å². The second kappa shape index (κ2) is 16.6. The Morgan fingerprint density at radius 3 is 2.00 bits per heavy atom. The van der Waals surface area contributed by atoms with Crippen LogP contribution in [0.5, 0.6) is 0 Å². The van der Waals surface area contributed by atoms with Gasteiger partial charge in [-0.1, -0.05) is 33.1 Å². The van der Waals surface area contributed by atoms with E-state index in [0.29, 0.717) is 0 Å². The van der Waals surface area contributed by atoms with Gasteiger partial charge in [-0.25, -0.2) is 0 Å². The van der Waals surface area contributed by atoms with Gasteiger partial charge in [-0.2, -0.15) is 12.8 Å². The molecule has 0 aliphatic carbocycles. The van der Waals surface area contributed by atoms with Gasteiger partial charge in [-0.15, -0.1) is 0 Å². The molecule has 0 spiro atoms. The van der Waals surface area contributed by atoms with Gasteiger partial charge in [-0.05, 0) is 0 Å². The molecule has 0 aromatic heterocycles. The molecule has 0 saturated heterocycles. The van der Waals surface area contributed by atoms with Crippen molar-refractivity contribution in [2.24, 2.45) is 0 Å². The van der Waals surface area contributed by atoms with Crippen LogP contribution in [-0.4, -0.2) is 23.1 Å². The minimum absolute atomic E-state index is 0. The Morgan fingerprint density at radius 2 is 1.60 bits per heavy atom. The Hall–Kier alpha value is 1.06. The van der Waals surface area contributed by atoms with Crippen LogP contribution in [0.3, 0.4) is 0 Å². The monoisotopic (exact) mass is 172 g/mol. The molecule has 0 aromatic carbocycles. The molecule has 0 aromatic rings. The van der Waals surface area contributed by atoms with E-state index in [1.54, 1.807) is 0 Å². The fraction of sp³-hybridized carbons (Fsp3) is 0.875. The Morgan fingerprint density at radius 1 is 1.00 bits per heavy atom. The average Bonchev–Trinajstić information content (AvgIpc) is 1.81. The van der Waals surface area contributed by atoms with Crippen LogP contribution < -0.4 is 12.4 Å². The average molecular weight is 173 g/mol. The largest absolute Gasteiger partial charge is 2.00 e. The molecule has 0 rings (SSSR count). The van der Waals surface area contributed by atoms with Crippen LogP contribution in [0.4, 0.5) is 0 Å². The van der Waals surface area contributed by atoms with E-state index < -0.39 is 0 Å². The molecule has 0 unspecified atom stereocenters. The number of unbranched alkanes of at least 4 members (excludes halogenated alkanes) is 5. The van der Waals surface area contributed by atoms with Crippen molar-refractivity contribution in [2.45, 2.75) is 46.0 Å². The molecular formula is C8H17ClMg. The summed E-state index contributed by atoms with van der Waals surface area (Å²) in [5.74, 6) is 0. The molecule has 0 heterocycles. The first-order chi connectivity index (χ1) is 3.91. The van der Waals surface area contributed by atoms with Crippen LogP contribution in [0, 0.1) is 6.42 Å². The maximum absolute atomic E-state index is 2.39. The first kappa shape index (κ1) is 17.2. The second-order valence-corrected chi connectivity index (χ2v) is 2.22. The number of hydrogen-bond donors (Lipinski definition) is 0. The number of rotatable bonds is 5. The van der Waals surface area contributed by atoms with Crippen molar-refractivity contribution < 1.29 is 12.4 Å². The van der Waals surface area contributed by atoms with Crippen molar-refractivity contribution in [3.63, 3.8) is 0 Å². The SMILES string of the molecule is CCC[CH-]CCCC.[Cl-].[Mg+2]. The van der Waals surface area contributed by atoms with Gasteiger partial charge in [0.15, 0.2) is 0 Å². The molecule has 58 valence electrons. The zero-order valence-corrected chi connectivity index (χ0v) is 9.37. The number of hydrogen-bond acceptors (Lipinski definition) is 0. The van der Waals surface area contributed by atoms with Crippen LogP contribution in [0.25, 0.3) is 0 Å². The van der Waals surface area contributed by atoms with Gasteiger partial charge in [0, 0.05) is 0 Å². The van der Waals surface area contributed by atoms with Crippen LogP contribution in [0.2, 0.25) is 0 Å². The molecule has 2 heteroatoms. The second-order valence-electron chi connectivity index (χ2n) is 2.22. The molecule has 0 N–H and O–H groups in total. The summed E-state index contributed by atoms with van der Waals surface area (Å²) in [6.45, 7) is 4.46. The molecule has 0 atom stereocenters. The maximum Gasteiger partial charge on any atom is 2.00 e. The molecule has 0 saturated carbocycles. The quantitative estimate of drug-likeness (QED) is 0.307. The minimum Gasteiger partial charge on any atom is -1.00 e. The summed E-state index contributed by atoms with van der Waals surface area (Å²) in [5.41, 5.74) is 0. The third-order valence-electron chi connectivity index (χ3n) is 1.25. The summed E-state index contributed by atoms with van der Waals surface area (Å²) >= 11 is 0. The van der Waals surface area contributed by atoms with E-state index >= 15 is 0 Å². The predicted octanol–water partition coefficient (Wildman–Crippen LogP) is -0.196. The fourth-order valence-corrected chi connectivity index (χ4v) is 0.697. The summed E-state index contributed by atoms with van der Waals surface area (Å²) < 4.78 is 0. The molecule has 0 nitrogen and oxygen atoms in total. The summed E-state index contributed by atoms with van der Waals surface area (Å²) in [4.78, 5) is 0. The Labute approximate surface area is 87.7 Å². The Kier molecular flexibility index (Phi) is 28.5. The zero-order valence-electron chi connectivity index (χ0n) is 7.20. The summed E-state index contributed by atoms with van der Waals surface area (Å²) in [5, 5.41) is 0. The zero-order chi connectivity index (χ0) is 6.24. The summed E-state index contributed by atoms with van der Waals surface area (Å²) in [6, 6.07) is 0. The minimum atomic E-state index is 0. The normalized spacial score (nSPS) is 7.80. The molecule has 0 bridgehead atoms. The van der Waals surface area contributed by atoms with Gasteiger partial charge >= 0.3 is 23.1 Å². The molecular weight excluding hydrogens is 156 g/mol. The van der Waals surface area contributed by atoms with E-state index in [4.69, 9.17) is 0 Å². The van der Waals surface area contributed by atoms with E-state index in [1.807, 2.05) is 0 Å². The van der Waals surface area contributed by atoms with Gasteiger partial charge in [0.05, 0.1) is 0 Å². The first-order valence-electron chi connectivity index (χ1n) is 3.73. The van der Waals surface area contributed by atoms with E-state index in [1.165, 1.54) is 32.1 Å². The van der Waals surface area contributed by atoms with Gasteiger partial charge in [-0.3, -0.25) is 0 Å². The molecule has 0 amide bonds. The van der Waals surface area contributed by atoms with Crippen molar-refractivity contribution in [3.05, 3.63) is 6.42 Å². The number of halogens is 1. The van der Waals surface area contributed by atoms with Crippen molar-refractivity contribution in [2.75, 3.05) is 0 Å². The maximum atomic E-state index is 2.39. The third-order valence-corrected chi connectivity index (χ3v) is 1.25. The van der Waals surface area contributed by atoms with Gasteiger partial charge < -0.3 is 18.8 Å². The van der Waals surface area contributed by atoms with Crippen molar-refractivity contribution in [1.82, 2.24) is 0 Å². The predicted molar refractivity (Wildman–Crippen MR) is 44.5 cm³/mol. The molecule has 0 fully saturated rings. The van der Waals surface area contributed by atoms with Crippen LogP contribution in [0.15, 0.2) is 0 Å². The third kappa shape index (κ3) is 16.0. The molecule has 0 radical (unpaired) electrons. The van der Waals surface area contributed by atoms with Gasteiger partial charge in [0.2, 0.25) is 0 Å². The topological polar surface area (TPSA) is 0 Å². The van der Waals surface area contributed by atoms with E-state index in [2.05, 4.69) is 20.3 Å². The fourth-order valence-electron chi connectivity index (χ4n) is 0.697. The first-order valence-corrected chi connectivity index (χ1v) is 3.73. The molecule has 0 aliphatic heterocycles. The summed E-state index contributed by atoms with van der Waals surface area (Å²) in [6.07, 6.45) is 9.04. The standard InChI is InChI=1S/C8H17.ClH.Mg/c1-3-5-7-8-6-4-2;;/h7H,3-6,8H2,1-2H3;1H;/q-1;;+2/p-1. The van der Waals surface area contributed by atoms with Crippen LogP contribution in [-0.2, 0) is 0 Å². The summed E-state index contributed by atoms with van der Waals surface area (Å²) in [7, 11) is 0. The molecule has 0 aliphatic rings. The van der Waals surface area contributed by atoms with Crippen molar-refractivity contribution >= 4 is 23.1 Å². The van der Waals surface area contributed by atoms with Crippen molar-refractivity contribution in [1.29, 1.82) is 0 Å².